The van der Waals surface area contributed by atoms with Gasteiger partial charge in [-0.25, -0.2) is 4.39 Å². The van der Waals surface area contributed by atoms with Gasteiger partial charge in [0.1, 0.15) is 5.82 Å². The molecule has 3 atom stereocenters. The Hall–Kier alpha value is -3.73. The summed E-state index contributed by atoms with van der Waals surface area (Å²) in [6, 6.07) is 19.9. The number of benzene rings is 2. The van der Waals surface area contributed by atoms with Crippen LogP contribution in [0.2, 0.25) is 5.02 Å². The number of rotatable bonds is 6. The van der Waals surface area contributed by atoms with Crippen LogP contribution in [0.4, 0.5) is 15.9 Å². The molecule has 8 heteroatoms. The second-order valence-corrected chi connectivity index (χ2v) is 10.5. The van der Waals surface area contributed by atoms with Crippen molar-refractivity contribution in [2.75, 3.05) is 18.0 Å². The monoisotopic (exact) mass is 543 g/mol. The third-order valence-electron chi connectivity index (χ3n) is 7.86. The summed E-state index contributed by atoms with van der Waals surface area (Å²) in [5.74, 6) is 0.0426. The van der Waals surface area contributed by atoms with E-state index in [4.69, 9.17) is 18.2 Å². The topological polar surface area (TPSA) is 45.7 Å². The molecule has 200 valence electrons. The van der Waals surface area contributed by atoms with Gasteiger partial charge in [0.2, 0.25) is 5.52 Å². The number of pyridine rings is 2. The summed E-state index contributed by atoms with van der Waals surface area (Å²) >= 11 is 6.23. The van der Waals surface area contributed by atoms with Crippen LogP contribution in [-0.4, -0.2) is 39.6 Å². The first-order chi connectivity index (χ1) is 18.8. The van der Waals surface area contributed by atoms with Gasteiger partial charge < -0.3 is 14.3 Å². The zero-order chi connectivity index (χ0) is 27.7. The van der Waals surface area contributed by atoms with Crippen molar-refractivity contribution in [2.45, 2.75) is 44.8 Å². The lowest BCUT2D eigenvalue weighted by atomic mass is 9.91. The highest BCUT2D eigenvalue weighted by atomic mass is 35.5. The molecule has 3 heterocycles. The van der Waals surface area contributed by atoms with E-state index in [1.807, 2.05) is 36.4 Å². The summed E-state index contributed by atoms with van der Waals surface area (Å²) in [6.45, 7) is 13.2. The normalized spacial score (nSPS) is 18.7. The molecule has 0 amide bonds. The van der Waals surface area contributed by atoms with Crippen LogP contribution in [-0.2, 0) is 7.05 Å². The molecule has 1 fully saturated rings. The fourth-order valence-corrected chi connectivity index (χ4v) is 5.87. The molecule has 0 radical (unpaired) electrons. The summed E-state index contributed by atoms with van der Waals surface area (Å²) < 4.78 is 15.5. The number of halogens is 2. The molecule has 2 aromatic heterocycles. The van der Waals surface area contributed by atoms with E-state index in [9.17, 15) is 9.18 Å². The number of aryl methyl sites for hydroxylation is 1. The molecule has 1 aliphatic rings. The van der Waals surface area contributed by atoms with Crippen molar-refractivity contribution in [1.82, 2.24) is 14.5 Å². The van der Waals surface area contributed by atoms with Crippen LogP contribution < -0.4 is 10.5 Å². The van der Waals surface area contributed by atoms with E-state index in [-0.39, 0.29) is 29.5 Å². The molecule has 2 aromatic carbocycles. The Bertz CT molecular complexity index is 1530. The molecule has 0 aliphatic carbocycles. The molecule has 39 heavy (non-hydrogen) atoms. The fourth-order valence-electron chi connectivity index (χ4n) is 5.74. The number of nitrogens with zero attached hydrogens (tertiary/aromatic N) is 5. The molecular formula is C31H31ClFN5O. The van der Waals surface area contributed by atoms with Gasteiger partial charge in [-0.15, -0.1) is 4.98 Å². The van der Waals surface area contributed by atoms with Crippen molar-refractivity contribution in [3.8, 4) is 0 Å². The third kappa shape index (κ3) is 5.15. The number of aromatic nitrogens is 2. The SMILES string of the molecule is [C-]#[N+]c1ccc2c(n1)c(N1C[C@@H](CC)N(C(c3ccc(F)cc3)c3ccc(Cl)cc3)C[C@@H]1CC)cc(=O)n2C. The number of piperazine rings is 1. The van der Waals surface area contributed by atoms with E-state index in [0.717, 1.165) is 36.2 Å². The van der Waals surface area contributed by atoms with Gasteiger partial charge in [-0.3, -0.25) is 9.69 Å². The van der Waals surface area contributed by atoms with Crippen LogP contribution in [0.25, 0.3) is 15.9 Å². The van der Waals surface area contributed by atoms with Crippen LogP contribution in [0.3, 0.4) is 0 Å². The van der Waals surface area contributed by atoms with E-state index in [1.54, 1.807) is 29.8 Å². The average Bonchev–Trinajstić information content (AvgIpc) is 2.96. The number of fused-ring (bicyclic) bond motifs is 1. The van der Waals surface area contributed by atoms with Crippen LogP contribution in [0.1, 0.15) is 43.9 Å². The molecular weight excluding hydrogens is 513 g/mol. The molecule has 1 aliphatic heterocycles. The minimum atomic E-state index is -0.263. The van der Waals surface area contributed by atoms with Crippen molar-refractivity contribution in [2.24, 2.45) is 7.05 Å². The predicted octanol–water partition coefficient (Wildman–Crippen LogP) is 6.75. The summed E-state index contributed by atoms with van der Waals surface area (Å²) in [7, 11) is 1.73. The van der Waals surface area contributed by atoms with Crippen molar-refractivity contribution in [1.29, 1.82) is 0 Å². The number of hydrogen-bond donors (Lipinski definition) is 0. The standard InChI is InChI=1S/C31H31ClFN5O/c1-5-24-19-38(31(20-7-11-22(32)12-8-20)21-9-13-23(33)14-10-21)25(6-2)18-37(24)27-17-29(39)36(4)26-15-16-28(34-3)35-30(26)27/h7-17,24-25,31H,5-6,18-19H2,1-2,4H3/t24-,25+,31?/m0/s1. The molecule has 0 spiro atoms. The first kappa shape index (κ1) is 26.9. The molecule has 1 saturated heterocycles. The zero-order valence-electron chi connectivity index (χ0n) is 22.3. The van der Waals surface area contributed by atoms with Crippen molar-refractivity contribution in [3.63, 3.8) is 0 Å². The Kier molecular flexibility index (Phi) is 7.69. The summed E-state index contributed by atoms with van der Waals surface area (Å²) in [6.07, 6.45) is 1.73. The maximum Gasteiger partial charge on any atom is 0.270 e. The third-order valence-corrected chi connectivity index (χ3v) is 8.11. The van der Waals surface area contributed by atoms with Gasteiger partial charge >= 0.3 is 0 Å². The molecule has 0 saturated carbocycles. The molecule has 0 bridgehead atoms. The van der Waals surface area contributed by atoms with Crippen molar-refractivity contribution < 1.29 is 4.39 Å². The van der Waals surface area contributed by atoms with Crippen LogP contribution in [0.5, 0.6) is 0 Å². The largest absolute Gasteiger partial charge is 0.362 e. The Morgan fingerprint density at radius 1 is 1.00 bits per heavy atom. The smallest absolute Gasteiger partial charge is 0.270 e. The van der Waals surface area contributed by atoms with E-state index < -0.39 is 0 Å². The Labute approximate surface area is 233 Å². The first-order valence-electron chi connectivity index (χ1n) is 13.3. The quantitative estimate of drug-likeness (QED) is 0.252. The summed E-state index contributed by atoms with van der Waals surface area (Å²) in [5, 5.41) is 0.670. The Morgan fingerprint density at radius 2 is 1.64 bits per heavy atom. The number of anilines is 1. The summed E-state index contributed by atoms with van der Waals surface area (Å²) in [4.78, 5) is 26.0. The van der Waals surface area contributed by atoms with Gasteiger partial charge in [0, 0.05) is 43.3 Å². The lowest BCUT2D eigenvalue weighted by molar-refractivity contribution is 0.111. The Morgan fingerprint density at radius 3 is 2.26 bits per heavy atom. The second-order valence-electron chi connectivity index (χ2n) is 10.1. The first-order valence-corrected chi connectivity index (χ1v) is 13.6. The minimum absolute atomic E-state index is 0.0868. The van der Waals surface area contributed by atoms with Crippen LogP contribution >= 0.6 is 11.6 Å². The zero-order valence-corrected chi connectivity index (χ0v) is 23.1. The second kappa shape index (κ2) is 11.2. The van der Waals surface area contributed by atoms with Gasteiger partial charge in [0.15, 0.2) is 0 Å². The fraction of sp³-hybridized carbons (Fsp3) is 0.323. The van der Waals surface area contributed by atoms with E-state index in [2.05, 4.69) is 33.5 Å². The van der Waals surface area contributed by atoms with Gasteiger partial charge in [-0.1, -0.05) is 56.3 Å². The van der Waals surface area contributed by atoms with Gasteiger partial charge in [-0.2, -0.15) is 0 Å². The van der Waals surface area contributed by atoms with E-state index >= 15 is 0 Å². The van der Waals surface area contributed by atoms with E-state index in [1.165, 1.54) is 12.1 Å². The highest BCUT2D eigenvalue weighted by molar-refractivity contribution is 6.30. The highest BCUT2D eigenvalue weighted by Crippen LogP contribution is 2.38. The van der Waals surface area contributed by atoms with Crippen molar-refractivity contribution >= 4 is 34.1 Å². The summed E-state index contributed by atoms with van der Waals surface area (Å²) in [5.41, 5.74) is 4.15. The van der Waals surface area contributed by atoms with E-state index in [0.29, 0.717) is 28.4 Å². The molecule has 0 N–H and O–H groups in total. The maximum atomic E-state index is 13.9. The number of hydrogen-bond acceptors (Lipinski definition) is 4. The molecule has 5 rings (SSSR count). The predicted molar refractivity (Wildman–Crippen MR) is 155 cm³/mol. The molecule has 1 unspecified atom stereocenters. The van der Waals surface area contributed by atoms with Crippen LogP contribution in [0.15, 0.2) is 71.5 Å². The Balaban J connectivity index is 1.61. The molecule has 4 aromatic rings. The molecule has 6 nitrogen and oxygen atoms in total. The maximum absolute atomic E-state index is 13.9. The van der Waals surface area contributed by atoms with Gasteiger partial charge in [0.25, 0.3) is 11.4 Å². The van der Waals surface area contributed by atoms with Crippen LogP contribution in [0, 0.1) is 12.4 Å². The minimum Gasteiger partial charge on any atom is -0.362 e. The lowest BCUT2D eigenvalue weighted by Gasteiger charge is -2.50. The lowest BCUT2D eigenvalue weighted by Crippen LogP contribution is -2.59. The van der Waals surface area contributed by atoms with Crippen molar-refractivity contribution in [3.05, 3.63) is 110 Å². The van der Waals surface area contributed by atoms with Gasteiger partial charge in [0.05, 0.1) is 17.2 Å². The van der Waals surface area contributed by atoms with Gasteiger partial charge in [-0.05, 0) is 60.4 Å². The highest BCUT2D eigenvalue weighted by Gasteiger charge is 2.38. The average molecular weight is 544 g/mol.